The predicted molar refractivity (Wildman–Crippen MR) is 95.3 cm³/mol. The number of hydrogen-bond donors (Lipinski definition) is 0. The number of likely N-dealkylation sites (tertiary alicyclic amines) is 2. The Balaban J connectivity index is 1.46. The lowest BCUT2D eigenvalue weighted by Crippen LogP contribution is -2.64. The van der Waals surface area contributed by atoms with E-state index in [9.17, 15) is 9.18 Å². The summed E-state index contributed by atoms with van der Waals surface area (Å²) in [5.74, 6) is 0.0814. The van der Waals surface area contributed by atoms with Gasteiger partial charge in [-0.05, 0) is 49.2 Å². The number of halogens is 1. The van der Waals surface area contributed by atoms with Crippen LogP contribution in [0.5, 0.6) is 0 Å². The third-order valence-electron chi connectivity index (χ3n) is 5.84. The molecule has 25 heavy (non-hydrogen) atoms. The first kappa shape index (κ1) is 16.3. The highest BCUT2D eigenvalue weighted by molar-refractivity contribution is 5.90. The van der Waals surface area contributed by atoms with E-state index in [1.165, 1.54) is 17.7 Å². The lowest BCUT2D eigenvalue weighted by Gasteiger charge is -2.58. The molecule has 2 heterocycles. The van der Waals surface area contributed by atoms with Crippen LogP contribution in [0.3, 0.4) is 0 Å². The molecule has 2 fully saturated rings. The van der Waals surface area contributed by atoms with E-state index in [0.29, 0.717) is 0 Å². The summed E-state index contributed by atoms with van der Waals surface area (Å²) in [5, 5.41) is 0. The highest BCUT2D eigenvalue weighted by Crippen LogP contribution is 2.55. The second-order valence-electron chi connectivity index (χ2n) is 7.29. The van der Waals surface area contributed by atoms with Crippen molar-refractivity contribution in [2.75, 3.05) is 20.1 Å². The Morgan fingerprint density at radius 1 is 1.04 bits per heavy atom. The minimum atomic E-state index is -0.241. The molecule has 0 unspecified atom stereocenters. The van der Waals surface area contributed by atoms with Crippen LogP contribution in [0.25, 0.3) is 0 Å². The zero-order chi connectivity index (χ0) is 17.4. The van der Waals surface area contributed by atoms with Crippen molar-refractivity contribution in [3.05, 3.63) is 71.5 Å². The minimum absolute atomic E-state index is 0.189. The van der Waals surface area contributed by atoms with E-state index in [-0.39, 0.29) is 23.2 Å². The zero-order valence-electron chi connectivity index (χ0n) is 14.5. The van der Waals surface area contributed by atoms with Crippen LogP contribution >= 0.6 is 0 Å². The summed E-state index contributed by atoms with van der Waals surface area (Å²) in [6.45, 7) is 2.62. The molecule has 4 rings (SSSR count). The monoisotopic (exact) mass is 338 g/mol. The van der Waals surface area contributed by atoms with Gasteiger partial charge in [-0.25, -0.2) is 4.39 Å². The number of β-lactam (4-membered cyclic amide) rings is 1. The smallest absolute Gasteiger partial charge is 0.231 e. The van der Waals surface area contributed by atoms with E-state index in [1.54, 1.807) is 0 Å². The van der Waals surface area contributed by atoms with Crippen molar-refractivity contribution in [2.45, 2.75) is 25.4 Å². The molecule has 0 N–H and O–H groups in total. The van der Waals surface area contributed by atoms with Crippen LogP contribution in [0.15, 0.2) is 54.6 Å². The molecular weight excluding hydrogens is 315 g/mol. The maximum Gasteiger partial charge on any atom is 0.231 e. The van der Waals surface area contributed by atoms with Gasteiger partial charge in [0, 0.05) is 13.6 Å². The molecule has 1 atom stereocenters. The quantitative estimate of drug-likeness (QED) is 0.798. The molecular formula is C21H23FN2O. The molecule has 0 saturated carbocycles. The molecule has 2 aliphatic rings. The molecule has 2 aromatic rings. The molecule has 0 bridgehead atoms. The predicted octanol–water partition coefficient (Wildman–Crippen LogP) is 3.62. The number of benzene rings is 2. The van der Waals surface area contributed by atoms with Gasteiger partial charge in [-0.15, -0.1) is 0 Å². The van der Waals surface area contributed by atoms with E-state index in [1.807, 2.05) is 42.3 Å². The maximum atomic E-state index is 13.0. The summed E-state index contributed by atoms with van der Waals surface area (Å²) in [6, 6.07) is 17.3. The summed E-state index contributed by atoms with van der Waals surface area (Å²) >= 11 is 0. The third kappa shape index (κ3) is 2.74. The molecule has 4 heteroatoms. The first-order valence-electron chi connectivity index (χ1n) is 8.89. The van der Waals surface area contributed by atoms with E-state index in [4.69, 9.17) is 0 Å². The summed E-state index contributed by atoms with van der Waals surface area (Å²) in [6.07, 6.45) is 1.77. The van der Waals surface area contributed by atoms with E-state index < -0.39 is 0 Å². The fraction of sp³-hybridized carbons (Fsp3) is 0.381. The van der Waals surface area contributed by atoms with Crippen molar-refractivity contribution in [2.24, 2.45) is 5.41 Å². The van der Waals surface area contributed by atoms with Gasteiger partial charge in [0.2, 0.25) is 5.91 Å². The minimum Gasteiger partial charge on any atom is -0.337 e. The van der Waals surface area contributed by atoms with Crippen LogP contribution in [-0.2, 0) is 11.3 Å². The summed E-state index contributed by atoms with van der Waals surface area (Å²) in [5.41, 5.74) is 2.11. The maximum absolute atomic E-state index is 13.0. The highest BCUT2D eigenvalue weighted by Gasteiger charge is 2.59. The lowest BCUT2D eigenvalue weighted by molar-refractivity contribution is -0.176. The Hall–Kier alpha value is -2.20. The number of nitrogens with zero attached hydrogens (tertiary/aromatic N) is 2. The first-order valence-corrected chi connectivity index (χ1v) is 8.89. The molecule has 0 aromatic heterocycles. The average molecular weight is 338 g/mol. The van der Waals surface area contributed by atoms with Crippen molar-refractivity contribution >= 4 is 5.91 Å². The van der Waals surface area contributed by atoms with Crippen molar-refractivity contribution in [1.82, 2.24) is 9.80 Å². The lowest BCUT2D eigenvalue weighted by atomic mass is 9.62. The van der Waals surface area contributed by atoms with Crippen LogP contribution in [0.2, 0.25) is 0 Å². The van der Waals surface area contributed by atoms with Crippen LogP contribution in [-0.4, -0.2) is 35.8 Å². The van der Waals surface area contributed by atoms with Crippen LogP contribution < -0.4 is 0 Å². The number of hydrogen-bond acceptors (Lipinski definition) is 2. The van der Waals surface area contributed by atoms with E-state index in [0.717, 1.165) is 38.0 Å². The molecule has 2 aliphatic heterocycles. The SMILES string of the molecule is CN1C(=O)C2(CCN(Cc3ccc(F)cc3)CC2)[C@H]1c1ccccc1. The van der Waals surface area contributed by atoms with Crippen molar-refractivity contribution < 1.29 is 9.18 Å². The Bertz CT molecular complexity index is 751. The number of carbonyl (C=O) groups excluding carboxylic acids is 1. The number of rotatable bonds is 3. The van der Waals surface area contributed by atoms with Gasteiger partial charge in [0.25, 0.3) is 0 Å². The summed E-state index contributed by atoms with van der Waals surface area (Å²) in [4.78, 5) is 17.0. The number of piperidine rings is 1. The van der Waals surface area contributed by atoms with Gasteiger partial charge in [0.05, 0.1) is 11.5 Å². The third-order valence-corrected chi connectivity index (χ3v) is 5.84. The second-order valence-corrected chi connectivity index (χ2v) is 7.29. The molecule has 1 spiro atoms. The Morgan fingerprint density at radius 3 is 2.32 bits per heavy atom. The number of carbonyl (C=O) groups is 1. The normalized spacial score (nSPS) is 22.9. The summed E-state index contributed by atoms with van der Waals surface area (Å²) < 4.78 is 13.0. The molecule has 3 nitrogen and oxygen atoms in total. The topological polar surface area (TPSA) is 23.6 Å². The van der Waals surface area contributed by atoms with E-state index >= 15 is 0 Å². The summed E-state index contributed by atoms with van der Waals surface area (Å²) in [7, 11) is 1.91. The largest absolute Gasteiger partial charge is 0.337 e. The number of amides is 1. The average Bonchev–Trinajstić information content (AvgIpc) is 2.65. The zero-order valence-corrected chi connectivity index (χ0v) is 14.5. The van der Waals surface area contributed by atoms with Crippen LogP contribution in [0.4, 0.5) is 4.39 Å². The van der Waals surface area contributed by atoms with Gasteiger partial charge in [0.15, 0.2) is 0 Å². The standard InChI is InChI=1S/C21H23FN2O/c1-23-19(17-5-3-2-4-6-17)21(20(23)25)11-13-24(14-12-21)15-16-7-9-18(22)10-8-16/h2-10,19H,11-15H2,1H3/t19-/m1/s1. The van der Waals surface area contributed by atoms with Gasteiger partial charge in [-0.1, -0.05) is 42.5 Å². The fourth-order valence-electron chi connectivity index (χ4n) is 4.51. The van der Waals surface area contributed by atoms with Crippen LogP contribution in [0.1, 0.15) is 30.0 Å². The van der Waals surface area contributed by atoms with Crippen molar-refractivity contribution in [1.29, 1.82) is 0 Å². The molecule has 2 saturated heterocycles. The van der Waals surface area contributed by atoms with Crippen LogP contribution in [0, 0.1) is 11.2 Å². The van der Waals surface area contributed by atoms with Gasteiger partial charge < -0.3 is 4.90 Å². The molecule has 1 amide bonds. The van der Waals surface area contributed by atoms with Crippen molar-refractivity contribution in [3.63, 3.8) is 0 Å². The van der Waals surface area contributed by atoms with Gasteiger partial charge >= 0.3 is 0 Å². The Labute approximate surface area is 148 Å². The highest BCUT2D eigenvalue weighted by atomic mass is 19.1. The molecule has 2 aromatic carbocycles. The van der Waals surface area contributed by atoms with Crippen molar-refractivity contribution in [3.8, 4) is 0 Å². The van der Waals surface area contributed by atoms with E-state index in [2.05, 4.69) is 17.0 Å². The Morgan fingerprint density at radius 2 is 1.68 bits per heavy atom. The first-order chi connectivity index (χ1) is 12.1. The fourth-order valence-corrected chi connectivity index (χ4v) is 4.51. The van der Waals surface area contributed by atoms with Gasteiger partial charge in [-0.2, -0.15) is 0 Å². The van der Waals surface area contributed by atoms with Gasteiger partial charge in [0.1, 0.15) is 5.82 Å². The molecule has 0 aliphatic carbocycles. The second kappa shape index (κ2) is 6.26. The molecule has 0 radical (unpaired) electrons. The molecule has 130 valence electrons. The Kier molecular flexibility index (Phi) is 4.08. The van der Waals surface area contributed by atoms with Gasteiger partial charge in [-0.3, -0.25) is 9.69 Å².